The molecule has 1 aromatic rings. The summed E-state index contributed by atoms with van der Waals surface area (Å²) in [6, 6.07) is 6.57. The van der Waals surface area contributed by atoms with Crippen LogP contribution in [0.1, 0.15) is 51.8 Å². The van der Waals surface area contributed by atoms with Gasteiger partial charge < -0.3 is 0 Å². The van der Waals surface area contributed by atoms with E-state index >= 15 is 0 Å². The fourth-order valence-corrected chi connectivity index (χ4v) is 1.60. The highest BCUT2D eigenvalue weighted by Gasteiger charge is 1.99. The Bertz CT molecular complexity index is 236. The molecule has 0 heteroatoms. The third-order valence-electron chi connectivity index (χ3n) is 2.24. The molecule has 0 spiro atoms. The van der Waals surface area contributed by atoms with Gasteiger partial charge in [-0.3, -0.25) is 0 Å². The third kappa shape index (κ3) is 3.95. The Morgan fingerprint density at radius 2 is 1.57 bits per heavy atom. The molecule has 1 rings (SSSR count). The van der Waals surface area contributed by atoms with Crippen LogP contribution in [0.4, 0.5) is 0 Å². The van der Waals surface area contributed by atoms with Crippen LogP contribution in [0.5, 0.6) is 0 Å². The van der Waals surface area contributed by atoms with E-state index in [0.29, 0.717) is 0 Å². The van der Waals surface area contributed by atoms with Gasteiger partial charge >= 0.3 is 0 Å². The van der Waals surface area contributed by atoms with Gasteiger partial charge in [0.1, 0.15) is 0 Å². The van der Waals surface area contributed by atoms with E-state index < -0.39 is 0 Å². The predicted octanol–water partition coefficient (Wildman–Crippen LogP) is 4.78. The van der Waals surface area contributed by atoms with Crippen molar-refractivity contribution in [3.63, 3.8) is 0 Å². The number of rotatable bonds is 2. The SMILES string of the molecule is C.CC.CCc1cccc(C)c1CC. The van der Waals surface area contributed by atoms with E-state index in [4.69, 9.17) is 0 Å². The lowest BCUT2D eigenvalue weighted by Crippen LogP contribution is -1.93. The fraction of sp³-hybridized carbons (Fsp3) is 0.571. The summed E-state index contributed by atoms with van der Waals surface area (Å²) in [5.41, 5.74) is 4.48. The molecule has 82 valence electrons. The van der Waals surface area contributed by atoms with Crippen molar-refractivity contribution in [1.82, 2.24) is 0 Å². The zero-order chi connectivity index (χ0) is 10.3. The van der Waals surface area contributed by atoms with Crippen LogP contribution in [0.2, 0.25) is 0 Å². The number of hydrogen-bond donors (Lipinski definition) is 0. The van der Waals surface area contributed by atoms with E-state index in [0.717, 1.165) is 12.8 Å². The van der Waals surface area contributed by atoms with E-state index in [2.05, 4.69) is 39.0 Å². The summed E-state index contributed by atoms with van der Waals surface area (Å²) < 4.78 is 0. The first kappa shape index (κ1) is 15.7. The van der Waals surface area contributed by atoms with Crippen LogP contribution < -0.4 is 0 Å². The molecule has 0 unspecified atom stereocenters. The van der Waals surface area contributed by atoms with Gasteiger partial charge in [0.2, 0.25) is 0 Å². The van der Waals surface area contributed by atoms with Crippen LogP contribution in [-0.2, 0) is 12.8 Å². The maximum atomic E-state index is 2.23. The Morgan fingerprint density at radius 3 is 1.93 bits per heavy atom. The molecule has 0 aliphatic carbocycles. The van der Waals surface area contributed by atoms with Crippen molar-refractivity contribution >= 4 is 0 Å². The first-order chi connectivity index (χ1) is 6.29. The van der Waals surface area contributed by atoms with Crippen molar-refractivity contribution in [1.29, 1.82) is 0 Å². The van der Waals surface area contributed by atoms with Gasteiger partial charge in [0.05, 0.1) is 0 Å². The minimum absolute atomic E-state index is 0. The van der Waals surface area contributed by atoms with Crippen LogP contribution in [0.3, 0.4) is 0 Å². The molecular weight excluding hydrogens is 168 g/mol. The Hall–Kier alpha value is -0.780. The van der Waals surface area contributed by atoms with Crippen molar-refractivity contribution < 1.29 is 0 Å². The fourth-order valence-electron chi connectivity index (χ4n) is 1.60. The van der Waals surface area contributed by atoms with Crippen molar-refractivity contribution in [2.75, 3.05) is 0 Å². The van der Waals surface area contributed by atoms with E-state index in [1.54, 1.807) is 0 Å². The zero-order valence-corrected chi connectivity index (χ0v) is 9.65. The van der Waals surface area contributed by atoms with Gasteiger partial charge in [0.25, 0.3) is 0 Å². The summed E-state index contributed by atoms with van der Waals surface area (Å²) in [4.78, 5) is 0. The third-order valence-corrected chi connectivity index (χ3v) is 2.24. The minimum Gasteiger partial charge on any atom is -0.0776 e. The van der Waals surface area contributed by atoms with Gasteiger partial charge in [-0.15, -0.1) is 0 Å². The van der Waals surface area contributed by atoms with Gasteiger partial charge in [0.15, 0.2) is 0 Å². The molecule has 0 aromatic heterocycles. The molecule has 0 heterocycles. The van der Waals surface area contributed by atoms with Crippen molar-refractivity contribution in [2.45, 2.75) is 54.9 Å². The van der Waals surface area contributed by atoms with Crippen LogP contribution in [0, 0.1) is 6.92 Å². The Kier molecular flexibility index (Phi) is 9.86. The lowest BCUT2D eigenvalue weighted by atomic mass is 9.98. The minimum atomic E-state index is 0. The second kappa shape index (κ2) is 8.80. The van der Waals surface area contributed by atoms with Crippen LogP contribution in [0.15, 0.2) is 18.2 Å². The maximum absolute atomic E-state index is 2.23. The second-order valence-corrected chi connectivity index (χ2v) is 2.92. The molecule has 0 atom stereocenters. The van der Waals surface area contributed by atoms with Crippen LogP contribution >= 0.6 is 0 Å². The highest BCUT2D eigenvalue weighted by Crippen LogP contribution is 2.14. The lowest BCUT2D eigenvalue weighted by molar-refractivity contribution is 1.02. The van der Waals surface area contributed by atoms with Crippen LogP contribution in [-0.4, -0.2) is 0 Å². The normalized spacial score (nSPS) is 8.36. The number of benzene rings is 1. The molecule has 0 aliphatic rings. The molecule has 0 aliphatic heterocycles. The van der Waals surface area contributed by atoms with Gasteiger partial charge in [-0.25, -0.2) is 0 Å². The van der Waals surface area contributed by atoms with Gasteiger partial charge in [-0.2, -0.15) is 0 Å². The highest BCUT2D eigenvalue weighted by atomic mass is 14.0. The molecule has 0 radical (unpaired) electrons. The average molecular weight is 194 g/mol. The first-order valence-corrected chi connectivity index (χ1v) is 5.37. The first-order valence-electron chi connectivity index (χ1n) is 5.37. The van der Waals surface area contributed by atoms with Gasteiger partial charge in [0, 0.05) is 0 Å². The largest absolute Gasteiger partial charge is 0.0776 e. The van der Waals surface area contributed by atoms with Gasteiger partial charge in [-0.05, 0) is 36.5 Å². The smallest absolute Gasteiger partial charge is 0.0302 e. The maximum Gasteiger partial charge on any atom is -0.0302 e. The standard InChI is InChI=1S/C11H16.C2H6.CH4/c1-4-10-8-6-7-9(3)11(10)5-2;1-2;/h6-8H,4-5H2,1-3H3;1-2H3;1H4. The summed E-state index contributed by atoms with van der Waals surface area (Å²) in [5.74, 6) is 0. The summed E-state index contributed by atoms with van der Waals surface area (Å²) >= 11 is 0. The molecule has 0 bridgehead atoms. The van der Waals surface area contributed by atoms with E-state index in [9.17, 15) is 0 Å². The lowest BCUT2D eigenvalue weighted by Gasteiger charge is -2.07. The second-order valence-electron chi connectivity index (χ2n) is 2.92. The molecule has 0 N–H and O–H groups in total. The van der Waals surface area contributed by atoms with Crippen LogP contribution in [0.25, 0.3) is 0 Å². The van der Waals surface area contributed by atoms with E-state index in [1.165, 1.54) is 16.7 Å². The average Bonchev–Trinajstić information content (AvgIpc) is 2.20. The zero-order valence-electron chi connectivity index (χ0n) is 9.65. The molecule has 0 nitrogen and oxygen atoms in total. The molecule has 0 amide bonds. The molecule has 1 aromatic carbocycles. The summed E-state index contributed by atoms with van der Waals surface area (Å²) in [6.07, 6.45) is 2.32. The molecular formula is C14H26. The molecule has 0 saturated carbocycles. The predicted molar refractivity (Wildman–Crippen MR) is 68.0 cm³/mol. The number of aryl methyl sites for hydroxylation is 2. The van der Waals surface area contributed by atoms with Crippen molar-refractivity contribution in [3.8, 4) is 0 Å². The summed E-state index contributed by atoms with van der Waals surface area (Å²) in [7, 11) is 0. The Balaban J connectivity index is 0. The Morgan fingerprint density at radius 1 is 1.00 bits per heavy atom. The Labute approximate surface area is 90.4 Å². The van der Waals surface area contributed by atoms with E-state index in [1.807, 2.05) is 13.8 Å². The van der Waals surface area contributed by atoms with Gasteiger partial charge in [-0.1, -0.05) is 53.3 Å². The quantitative estimate of drug-likeness (QED) is 0.635. The van der Waals surface area contributed by atoms with Crippen molar-refractivity contribution in [3.05, 3.63) is 34.9 Å². The van der Waals surface area contributed by atoms with E-state index in [-0.39, 0.29) is 7.43 Å². The topological polar surface area (TPSA) is 0 Å². The van der Waals surface area contributed by atoms with Crippen molar-refractivity contribution in [2.24, 2.45) is 0 Å². The number of hydrogen-bond acceptors (Lipinski definition) is 0. The summed E-state index contributed by atoms with van der Waals surface area (Å²) in [5, 5.41) is 0. The molecule has 0 fully saturated rings. The molecule has 14 heavy (non-hydrogen) atoms. The highest BCUT2D eigenvalue weighted by molar-refractivity contribution is 5.34. The molecule has 0 saturated heterocycles. The summed E-state index contributed by atoms with van der Waals surface area (Å²) in [6.45, 7) is 10.6. The monoisotopic (exact) mass is 194 g/mol.